The first kappa shape index (κ1) is 12.3. The van der Waals surface area contributed by atoms with E-state index in [1.54, 1.807) is 10.7 Å². The molecule has 0 radical (unpaired) electrons. The van der Waals surface area contributed by atoms with E-state index in [0.29, 0.717) is 11.6 Å². The Labute approximate surface area is 105 Å². The molecule has 7 nitrogen and oxygen atoms in total. The highest BCUT2D eigenvalue weighted by atomic mass is 16.2. The molecule has 0 fully saturated rings. The molecule has 96 valence electrons. The highest BCUT2D eigenvalue weighted by Crippen LogP contribution is 2.10. The molecule has 0 spiro atoms. The van der Waals surface area contributed by atoms with Gasteiger partial charge in [0.25, 0.3) is 5.91 Å². The second kappa shape index (κ2) is 4.59. The number of rotatable bonds is 3. The fourth-order valence-corrected chi connectivity index (χ4v) is 1.43. The fourth-order valence-electron chi connectivity index (χ4n) is 1.43. The van der Waals surface area contributed by atoms with E-state index in [9.17, 15) is 4.79 Å². The summed E-state index contributed by atoms with van der Waals surface area (Å²) in [6.45, 7) is 5.86. The monoisotopic (exact) mass is 248 g/mol. The van der Waals surface area contributed by atoms with Crippen molar-refractivity contribution in [3.63, 3.8) is 0 Å². The number of carbonyl (C=O) groups excluding carboxylic acids is 1. The lowest BCUT2D eigenvalue weighted by atomic mass is 10.2. The first-order chi connectivity index (χ1) is 8.47. The Bertz CT molecular complexity index is 548. The molecule has 7 heteroatoms. The molecule has 2 aromatic heterocycles. The number of aromatic nitrogens is 5. The van der Waals surface area contributed by atoms with Gasteiger partial charge in [-0.25, -0.2) is 4.98 Å². The Hall–Kier alpha value is -2.18. The standard InChI is InChI=1S/C11H16N6O/c1-6(2)9-13-10(15-14-9)11(18)12-8-5-7(3)17(4)16-8/h5-6H,1-4H3,(H,12,16,18)(H,13,14,15). The van der Waals surface area contributed by atoms with E-state index in [2.05, 4.69) is 25.6 Å². The van der Waals surface area contributed by atoms with Crippen molar-refractivity contribution in [1.82, 2.24) is 25.0 Å². The molecule has 2 heterocycles. The molecule has 0 aromatic carbocycles. The Balaban J connectivity index is 2.11. The van der Waals surface area contributed by atoms with Crippen molar-refractivity contribution in [2.24, 2.45) is 7.05 Å². The van der Waals surface area contributed by atoms with E-state index in [-0.39, 0.29) is 17.6 Å². The molecule has 18 heavy (non-hydrogen) atoms. The highest BCUT2D eigenvalue weighted by Gasteiger charge is 2.15. The molecule has 0 aliphatic heterocycles. The quantitative estimate of drug-likeness (QED) is 0.854. The highest BCUT2D eigenvalue weighted by molar-refractivity contribution is 6.00. The number of anilines is 1. The minimum absolute atomic E-state index is 0.127. The van der Waals surface area contributed by atoms with E-state index >= 15 is 0 Å². The number of nitrogens with one attached hydrogen (secondary N) is 2. The van der Waals surface area contributed by atoms with Gasteiger partial charge in [-0.1, -0.05) is 13.8 Å². The summed E-state index contributed by atoms with van der Waals surface area (Å²) < 4.78 is 1.69. The number of hydrogen-bond donors (Lipinski definition) is 2. The zero-order valence-electron chi connectivity index (χ0n) is 10.9. The Morgan fingerprint density at radius 1 is 1.50 bits per heavy atom. The summed E-state index contributed by atoms with van der Waals surface area (Å²) in [5.74, 6) is 1.16. The summed E-state index contributed by atoms with van der Waals surface area (Å²) in [7, 11) is 1.81. The number of amides is 1. The van der Waals surface area contributed by atoms with Gasteiger partial charge in [-0.3, -0.25) is 14.6 Å². The van der Waals surface area contributed by atoms with Crippen molar-refractivity contribution in [3.8, 4) is 0 Å². The lowest BCUT2D eigenvalue weighted by Gasteiger charge is -1.97. The van der Waals surface area contributed by atoms with Crippen LogP contribution in [0.3, 0.4) is 0 Å². The van der Waals surface area contributed by atoms with Gasteiger partial charge in [-0.05, 0) is 6.92 Å². The maximum absolute atomic E-state index is 11.9. The van der Waals surface area contributed by atoms with Crippen molar-refractivity contribution in [1.29, 1.82) is 0 Å². The summed E-state index contributed by atoms with van der Waals surface area (Å²) in [6, 6.07) is 1.79. The van der Waals surface area contributed by atoms with Crippen LogP contribution in [-0.4, -0.2) is 30.9 Å². The molecule has 0 bridgehead atoms. The number of carbonyl (C=O) groups is 1. The molecule has 0 saturated heterocycles. The largest absolute Gasteiger partial charge is 0.302 e. The van der Waals surface area contributed by atoms with E-state index in [0.717, 1.165) is 5.69 Å². The van der Waals surface area contributed by atoms with Gasteiger partial charge in [-0.2, -0.15) is 5.10 Å². The van der Waals surface area contributed by atoms with Crippen molar-refractivity contribution in [2.45, 2.75) is 26.7 Å². The molecule has 2 N–H and O–H groups in total. The zero-order chi connectivity index (χ0) is 13.3. The Morgan fingerprint density at radius 2 is 2.22 bits per heavy atom. The van der Waals surface area contributed by atoms with Crippen LogP contribution in [-0.2, 0) is 7.05 Å². The van der Waals surface area contributed by atoms with Crippen LogP contribution in [0, 0.1) is 6.92 Å². The first-order valence-corrected chi connectivity index (χ1v) is 5.71. The normalized spacial score (nSPS) is 10.9. The lowest BCUT2D eigenvalue weighted by molar-refractivity contribution is 0.101. The van der Waals surface area contributed by atoms with E-state index in [4.69, 9.17) is 0 Å². The van der Waals surface area contributed by atoms with Crippen molar-refractivity contribution < 1.29 is 4.79 Å². The van der Waals surface area contributed by atoms with Gasteiger partial charge >= 0.3 is 0 Å². The van der Waals surface area contributed by atoms with Crippen LogP contribution >= 0.6 is 0 Å². The third-order valence-electron chi connectivity index (χ3n) is 2.61. The number of hydrogen-bond acceptors (Lipinski definition) is 4. The topological polar surface area (TPSA) is 88.5 Å². The smallest absolute Gasteiger partial charge is 0.296 e. The maximum Gasteiger partial charge on any atom is 0.296 e. The second-order valence-corrected chi connectivity index (χ2v) is 4.45. The summed E-state index contributed by atoms with van der Waals surface area (Å²) in [5, 5.41) is 13.4. The van der Waals surface area contributed by atoms with Gasteiger partial charge in [-0.15, -0.1) is 5.10 Å². The Morgan fingerprint density at radius 3 is 2.72 bits per heavy atom. The Kier molecular flexibility index (Phi) is 3.14. The molecule has 0 saturated carbocycles. The van der Waals surface area contributed by atoms with Gasteiger partial charge in [0, 0.05) is 24.7 Å². The fraction of sp³-hybridized carbons (Fsp3) is 0.455. The molecule has 1 amide bonds. The number of H-pyrrole nitrogens is 1. The van der Waals surface area contributed by atoms with Crippen LogP contribution in [0.2, 0.25) is 0 Å². The van der Waals surface area contributed by atoms with E-state index in [1.165, 1.54) is 0 Å². The summed E-state index contributed by atoms with van der Waals surface area (Å²) in [5.41, 5.74) is 0.961. The van der Waals surface area contributed by atoms with Gasteiger partial charge in [0.1, 0.15) is 5.82 Å². The van der Waals surface area contributed by atoms with Gasteiger partial charge in [0.15, 0.2) is 5.82 Å². The van der Waals surface area contributed by atoms with Crippen molar-refractivity contribution >= 4 is 11.7 Å². The third kappa shape index (κ3) is 2.39. The molecular formula is C11H16N6O. The third-order valence-corrected chi connectivity index (χ3v) is 2.61. The average Bonchev–Trinajstić information content (AvgIpc) is 2.87. The van der Waals surface area contributed by atoms with Crippen LogP contribution in [0.4, 0.5) is 5.82 Å². The summed E-state index contributed by atoms with van der Waals surface area (Å²) >= 11 is 0. The van der Waals surface area contributed by atoms with Crippen molar-refractivity contribution in [2.75, 3.05) is 5.32 Å². The van der Waals surface area contributed by atoms with Gasteiger partial charge in [0.05, 0.1) is 0 Å². The molecule has 0 unspecified atom stereocenters. The van der Waals surface area contributed by atoms with Crippen LogP contribution in [0.25, 0.3) is 0 Å². The van der Waals surface area contributed by atoms with Crippen LogP contribution in [0.15, 0.2) is 6.07 Å². The number of aromatic amines is 1. The maximum atomic E-state index is 11.9. The van der Waals surface area contributed by atoms with E-state index < -0.39 is 0 Å². The van der Waals surface area contributed by atoms with Gasteiger partial charge in [0.2, 0.25) is 5.82 Å². The predicted octanol–water partition coefficient (Wildman–Crippen LogP) is 1.22. The molecule has 2 rings (SSSR count). The van der Waals surface area contributed by atoms with E-state index in [1.807, 2.05) is 27.8 Å². The predicted molar refractivity (Wildman–Crippen MR) is 66.4 cm³/mol. The average molecular weight is 248 g/mol. The minimum atomic E-state index is -0.365. The second-order valence-electron chi connectivity index (χ2n) is 4.45. The van der Waals surface area contributed by atoms with Crippen LogP contribution in [0.5, 0.6) is 0 Å². The van der Waals surface area contributed by atoms with Crippen LogP contribution < -0.4 is 5.32 Å². The SMILES string of the molecule is Cc1cc(NC(=O)c2n[nH]c(C(C)C)n2)nn1C. The zero-order valence-corrected chi connectivity index (χ0v) is 10.9. The molecule has 0 atom stereocenters. The summed E-state index contributed by atoms with van der Waals surface area (Å²) in [4.78, 5) is 16.0. The van der Waals surface area contributed by atoms with Crippen LogP contribution in [0.1, 0.15) is 41.9 Å². The number of aryl methyl sites for hydroxylation is 2. The molecular weight excluding hydrogens is 232 g/mol. The lowest BCUT2D eigenvalue weighted by Crippen LogP contribution is -2.14. The van der Waals surface area contributed by atoms with Crippen molar-refractivity contribution in [3.05, 3.63) is 23.4 Å². The molecule has 0 aliphatic rings. The van der Waals surface area contributed by atoms with Gasteiger partial charge < -0.3 is 5.32 Å². The molecule has 0 aliphatic carbocycles. The molecule has 2 aromatic rings. The number of nitrogens with zero attached hydrogens (tertiary/aromatic N) is 4. The summed E-state index contributed by atoms with van der Waals surface area (Å²) in [6.07, 6.45) is 0. The first-order valence-electron chi connectivity index (χ1n) is 5.71. The minimum Gasteiger partial charge on any atom is -0.302 e.